The summed E-state index contributed by atoms with van der Waals surface area (Å²) >= 11 is 1.21. The van der Waals surface area contributed by atoms with Crippen molar-refractivity contribution in [3.8, 4) is 10.4 Å². The second-order valence-electron chi connectivity index (χ2n) is 4.25. The first kappa shape index (κ1) is 13.8. The molecular formula is C14H11F3OS. The molecule has 0 aliphatic carbocycles. The summed E-state index contributed by atoms with van der Waals surface area (Å²) in [7, 11) is 0. The molecule has 1 nitrogen and oxygen atoms in total. The lowest BCUT2D eigenvalue weighted by molar-refractivity contribution is -0.137. The highest BCUT2D eigenvalue weighted by Gasteiger charge is 2.31. The highest BCUT2D eigenvalue weighted by molar-refractivity contribution is 7.17. The van der Waals surface area contributed by atoms with E-state index in [4.69, 9.17) is 0 Å². The average molecular weight is 284 g/mol. The third-order valence-electron chi connectivity index (χ3n) is 2.78. The predicted molar refractivity (Wildman–Crippen MR) is 69.5 cm³/mol. The van der Waals surface area contributed by atoms with Crippen LogP contribution in [0.4, 0.5) is 13.2 Å². The van der Waals surface area contributed by atoms with Gasteiger partial charge in [-0.15, -0.1) is 11.3 Å². The summed E-state index contributed by atoms with van der Waals surface area (Å²) in [6, 6.07) is 6.97. The van der Waals surface area contributed by atoms with Gasteiger partial charge in [0.2, 0.25) is 0 Å². The molecule has 0 bridgehead atoms. The Kier molecular flexibility index (Phi) is 3.49. The zero-order valence-electron chi connectivity index (χ0n) is 10.3. The molecule has 0 unspecified atom stereocenters. The largest absolute Gasteiger partial charge is 0.416 e. The number of alkyl halides is 3. The second-order valence-corrected chi connectivity index (χ2v) is 5.33. The van der Waals surface area contributed by atoms with E-state index in [1.54, 1.807) is 19.1 Å². The highest BCUT2D eigenvalue weighted by Crippen LogP contribution is 2.36. The van der Waals surface area contributed by atoms with Gasteiger partial charge in [0.1, 0.15) is 0 Å². The highest BCUT2D eigenvalue weighted by atomic mass is 32.1. The Morgan fingerprint density at radius 3 is 2.37 bits per heavy atom. The predicted octanol–water partition coefficient (Wildman–Crippen LogP) is 4.94. The van der Waals surface area contributed by atoms with E-state index in [9.17, 15) is 18.0 Å². The Morgan fingerprint density at radius 2 is 1.84 bits per heavy atom. The van der Waals surface area contributed by atoms with Crippen molar-refractivity contribution < 1.29 is 18.0 Å². The van der Waals surface area contributed by atoms with Crippen molar-refractivity contribution in [3.05, 3.63) is 46.3 Å². The van der Waals surface area contributed by atoms with Crippen LogP contribution in [-0.2, 0) is 6.18 Å². The van der Waals surface area contributed by atoms with Crippen molar-refractivity contribution in [1.29, 1.82) is 0 Å². The van der Waals surface area contributed by atoms with Gasteiger partial charge in [0.15, 0.2) is 5.78 Å². The van der Waals surface area contributed by atoms with E-state index in [2.05, 4.69) is 0 Å². The van der Waals surface area contributed by atoms with E-state index >= 15 is 0 Å². The topological polar surface area (TPSA) is 17.1 Å². The maximum Gasteiger partial charge on any atom is 0.416 e. The Labute approximate surface area is 112 Å². The third-order valence-corrected chi connectivity index (χ3v) is 4.00. The van der Waals surface area contributed by atoms with E-state index in [0.717, 1.165) is 17.7 Å². The summed E-state index contributed by atoms with van der Waals surface area (Å²) in [6.45, 7) is 3.19. The molecule has 0 fully saturated rings. The minimum absolute atomic E-state index is 0.0825. The van der Waals surface area contributed by atoms with Gasteiger partial charge in [-0.3, -0.25) is 4.79 Å². The van der Waals surface area contributed by atoms with Crippen LogP contribution < -0.4 is 0 Å². The van der Waals surface area contributed by atoms with E-state index in [0.29, 0.717) is 15.3 Å². The minimum Gasteiger partial charge on any atom is -0.294 e. The SMILES string of the molecule is CC(=O)c1ccc(-c2cc(C(F)(F)F)ccc2C)s1. The number of Topliss-reactive ketones (excluding diaryl/α,β-unsaturated/α-hetero) is 1. The number of carbonyl (C=O) groups is 1. The van der Waals surface area contributed by atoms with Gasteiger partial charge in [-0.05, 0) is 49.2 Å². The average Bonchev–Trinajstić information content (AvgIpc) is 2.77. The normalized spacial score (nSPS) is 11.6. The third kappa shape index (κ3) is 2.87. The summed E-state index contributed by atoms with van der Waals surface area (Å²) in [5.41, 5.74) is 0.600. The zero-order valence-corrected chi connectivity index (χ0v) is 11.2. The Morgan fingerprint density at radius 1 is 1.16 bits per heavy atom. The van der Waals surface area contributed by atoms with Crippen LogP contribution in [0.15, 0.2) is 30.3 Å². The summed E-state index contributed by atoms with van der Waals surface area (Å²) in [4.78, 5) is 12.5. The van der Waals surface area contributed by atoms with Gasteiger partial charge in [-0.25, -0.2) is 0 Å². The van der Waals surface area contributed by atoms with E-state index < -0.39 is 11.7 Å². The molecule has 100 valence electrons. The maximum atomic E-state index is 12.7. The smallest absolute Gasteiger partial charge is 0.294 e. The summed E-state index contributed by atoms with van der Waals surface area (Å²) in [5.74, 6) is -0.0825. The molecule has 0 N–H and O–H groups in total. The van der Waals surface area contributed by atoms with Crippen LogP contribution in [0.25, 0.3) is 10.4 Å². The fraction of sp³-hybridized carbons (Fsp3) is 0.214. The lowest BCUT2D eigenvalue weighted by Gasteiger charge is -2.10. The molecule has 0 spiro atoms. The zero-order chi connectivity index (χ0) is 14.2. The van der Waals surface area contributed by atoms with Gasteiger partial charge < -0.3 is 0 Å². The molecule has 1 aromatic carbocycles. The number of halogens is 3. The van der Waals surface area contributed by atoms with Crippen LogP contribution in [-0.4, -0.2) is 5.78 Å². The number of ketones is 1. The number of benzene rings is 1. The first-order chi connectivity index (χ1) is 8.79. The van der Waals surface area contributed by atoms with Crippen molar-refractivity contribution in [2.24, 2.45) is 0 Å². The number of hydrogen-bond acceptors (Lipinski definition) is 2. The van der Waals surface area contributed by atoms with Crippen molar-refractivity contribution in [2.75, 3.05) is 0 Å². The molecule has 0 radical (unpaired) electrons. The van der Waals surface area contributed by atoms with Gasteiger partial charge in [-0.2, -0.15) is 13.2 Å². The number of carbonyl (C=O) groups excluding carboxylic acids is 1. The van der Waals surface area contributed by atoms with Crippen LogP contribution in [0.5, 0.6) is 0 Å². The van der Waals surface area contributed by atoms with Gasteiger partial charge in [0.25, 0.3) is 0 Å². The lowest BCUT2D eigenvalue weighted by Crippen LogP contribution is -2.05. The van der Waals surface area contributed by atoms with Gasteiger partial charge in [-0.1, -0.05) is 6.07 Å². The van der Waals surface area contributed by atoms with E-state index in [-0.39, 0.29) is 5.78 Å². The lowest BCUT2D eigenvalue weighted by atomic mass is 10.0. The maximum absolute atomic E-state index is 12.7. The fourth-order valence-corrected chi connectivity index (χ4v) is 2.72. The fourth-order valence-electron chi connectivity index (χ4n) is 1.74. The van der Waals surface area contributed by atoms with Crippen molar-refractivity contribution in [1.82, 2.24) is 0 Å². The molecular weight excluding hydrogens is 273 g/mol. The standard InChI is InChI=1S/C14H11F3OS/c1-8-3-4-10(14(15,16)17)7-11(8)13-6-5-12(19-13)9(2)18/h3-7H,1-2H3. The molecule has 2 aromatic rings. The molecule has 5 heteroatoms. The minimum atomic E-state index is -4.36. The molecule has 19 heavy (non-hydrogen) atoms. The Balaban J connectivity index is 2.51. The van der Waals surface area contributed by atoms with Crippen molar-refractivity contribution in [3.63, 3.8) is 0 Å². The summed E-state index contributed by atoms with van der Waals surface area (Å²) < 4.78 is 38.1. The molecule has 0 aliphatic rings. The summed E-state index contributed by atoms with van der Waals surface area (Å²) in [6.07, 6.45) is -4.36. The van der Waals surface area contributed by atoms with Gasteiger partial charge in [0.05, 0.1) is 10.4 Å². The van der Waals surface area contributed by atoms with E-state index in [1.807, 2.05) is 0 Å². The number of aryl methyl sites for hydroxylation is 1. The number of hydrogen-bond donors (Lipinski definition) is 0. The molecule has 0 saturated heterocycles. The molecule has 0 aliphatic heterocycles. The van der Waals surface area contributed by atoms with Crippen LogP contribution in [0.1, 0.15) is 27.7 Å². The molecule has 1 heterocycles. The van der Waals surface area contributed by atoms with Crippen LogP contribution in [0.2, 0.25) is 0 Å². The van der Waals surface area contributed by atoms with E-state index in [1.165, 1.54) is 24.3 Å². The Hall–Kier alpha value is -1.62. The molecule has 2 rings (SSSR count). The van der Waals surface area contributed by atoms with Crippen molar-refractivity contribution >= 4 is 17.1 Å². The van der Waals surface area contributed by atoms with Crippen LogP contribution in [0, 0.1) is 6.92 Å². The summed E-state index contributed by atoms with van der Waals surface area (Å²) in [5, 5.41) is 0. The molecule has 0 amide bonds. The monoisotopic (exact) mass is 284 g/mol. The van der Waals surface area contributed by atoms with Crippen LogP contribution in [0.3, 0.4) is 0 Å². The molecule has 0 atom stereocenters. The number of thiophene rings is 1. The quantitative estimate of drug-likeness (QED) is 0.713. The van der Waals surface area contributed by atoms with Crippen molar-refractivity contribution in [2.45, 2.75) is 20.0 Å². The van der Waals surface area contributed by atoms with Gasteiger partial charge in [0, 0.05) is 4.88 Å². The first-order valence-corrected chi connectivity index (χ1v) is 6.39. The second kappa shape index (κ2) is 4.81. The molecule has 0 saturated carbocycles. The van der Waals surface area contributed by atoms with Gasteiger partial charge >= 0.3 is 6.18 Å². The number of rotatable bonds is 2. The Bertz CT molecular complexity index is 626. The van der Waals surface area contributed by atoms with Crippen LogP contribution >= 0.6 is 11.3 Å². The first-order valence-electron chi connectivity index (χ1n) is 5.58. The molecule has 1 aromatic heterocycles.